The van der Waals surface area contributed by atoms with E-state index in [1.165, 1.54) is 4.80 Å². The van der Waals surface area contributed by atoms with Gasteiger partial charge in [-0.1, -0.05) is 0 Å². The molecule has 1 aromatic rings. The first-order valence-corrected chi connectivity index (χ1v) is 5.97. The van der Waals surface area contributed by atoms with E-state index < -0.39 is 0 Å². The topological polar surface area (TPSA) is 84.7 Å². The van der Waals surface area contributed by atoms with E-state index in [1.54, 1.807) is 7.05 Å². The van der Waals surface area contributed by atoms with E-state index in [2.05, 4.69) is 26.0 Å². The number of amides is 1. The molecule has 7 nitrogen and oxygen atoms in total. The van der Waals surface area contributed by atoms with Crippen LogP contribution in [-0.2, 0) is 18.4 Å². The lowest BCUT2D eigenvalue weighted by Gasteiger charge is -2.03. The number of nitrogens with one attached hydrogen (secondary N) is 2. The SMILES string of the molecule is Cn1nnc(CNCCCC(=O)NC2CC2)n1. The van der Waals surface area contributed by atoms with Gasteiger partial charge in [-0.15, -0.1) is 10.2 Å². The summed E-state index contributed by atoms with van der Waals surface area (Å²) in [6.45, 7) is 1.38. The molecule has 0 unspecified atom stereocenters. The second kappa shape index (κ2) is 5.72. The van der Waals surface area contributed by atoms with Gasteiger partial charge in [-0.3, -0.25) is 4.79 Å². The number of carbonyl (C=O) groups is 1. The zero-order valence-electron chi connectivity index (χ0n) is 10.0. The van der Waals surface area contributed by atoms with Crippen molar-refractivity contribution in [3.63, 3.8) is 0 Å². The summed E-state index contributed by atoms with van der Waals surface area (Å²) >= 11 is 0. The van der Waals surface area contributed by atoms with Gasteiger partial charge in [0.05, 0.1) is 13.6 Å². The molecule has 0 atom stereocenters. The molecule has 0 bridgehead atoms. The second-order valence-corrected chi connectivity index (χ2v) is 4.32. The molecule has 7 heteroatoms. The van der Waals surface area contributed by atoms with Crippen molar-refractivity contribution in [3.8, 4) is 0 Å². The minimum atomic E-state index is 0.159. The number of hydrogen-bond donors (Lipinski definition) is 2. The van der Waals surface area contributed by atoms with E-state index in [1.807, 2.05) is 0 Å². The summed E-state index contributed by atoms with van der Waals surface area (Å²) in [4.78, 5) is 12.8. The van der Waals surface area contributed by atoms with Gasteiger partial charge in [-0.25, -0.2) is 0 Å². The average molecular weight is 238 g/mol. The van der Waals surface area contributed by atoms with Crippen LogP contribution in [0.3, 0.4) is 0 Å². The third-order valence-corrected chi connectivity index (χ3v) is 2.53. The molecule has 1 aliphatic carbocycles. The van der Waals surface area contributed by atoms with E-state index >= 15 is 0 Å². The van der Waals surface area contributed by atoms with Crippen molar-refractivity contribution in [2.45, 2.75) is 38.3 Å². The Bertz CT molecular complexity index is 373. The lowest BCUT2D eigenvalue weighted by molar-refractivity contribution is -0.121. The summed E-state index contributed by atoms with van der Waals surface area (Å²) in [5.41, 5.74) is 0. The van der Waals surface area contributed by atoms with Crippen LogP contribution in [0.4, 0.5) is 0 Å². The molecule has 17 heavy (non-hydrogen) atoms. The Morgan fingerprint density at radius 3 is 3.00 bits per heavy atom. The molecule has 1 heterocycles. The normalized spacial score (nSPS) is 14.9. The molecule has 0 aliphatic heterocycles. The van der Waals surface area contributed by atoms with E-state index in [4.69, 9.17) is 0 Å². The maximum Gasteiger partial charge on any atom is 0.220 e. The monoisotopic (exact) mass is 238 g/mol. The Hall–Kier alpha value is -1.50. The van der Waals surface area contributed by atoms with Crippen LogP contribution >= 0.6 is 0 Å². The van der Waals surface area contributed by atoms with Crippen molar-refractivity contribution in [2.24, 2.45) is 7.05 Å². The van der Waals surface area contributed by atoms with Gasteiger partial charge in [0.25, 0.3) is 0 Å². The molecule has 1 fully saturated rings. The summed E-state index contributed by atoms with van der Waals surface area (Å²) in [6.07, 6.45) is 3.70. The molecule has 0 aromatic carbocycles. The average Bonchev–Trinajstić information content (AvgIpc) is 3.00. The van der Waals surface area contributed by atoms with Crippen LogP contribution in [0.25, 0.3) is 0 Å². The Labute approximate surface area is 100.0 Å². The second-order valence-electron chi connectivity index (χ2n) is 4.32. The number of aryl methyl sites for hydroxylation is 1. The van der Waals surface area contributed by atoms with Gasteiger partial charge in [-0.2, -0.15) is 4.80 Å². The van der Waals surface area contributed by atoms with Crippen LogP contribution in [0.15, 0.2) is 0 Å². The minimum absolute atomic E-state index is 0.159. The van der Waals surface area contributed by atoms with E-state index in [9.17, 15) is 4.79 Å². The maximum atomic E-state index is 11.4. The maximum absolute atomic E-state index is 11.4. The molecule has 1 amide bonds. The van der Waals surface area contributed by atoms with Crippen molar-refractivity contribution < 1.29 is 4.79 Å². The van der Waals surface area contributed by atoms with Gasteiger partial charge < -0.3 is 10.6 Å². The summed E-state index contributed by atoms with van der Waals surface area (Å²) < 4.78 is 0. The first-order chi connectivity index (χ1) is 8.24. The minimum Gasteiger partial charge on any atom is -0.353 e. The third kappa shape index (κ3) is 4.48. The highest BCUT2D eigenvalue weighted by Crippen LogP contribution is 2.18. The number of aromatic nitrogens is 4. The highest BCUT2D eigenvalue weighted by molar-refractivity contribution is 5.76. The molecule has 0 spiro atoms. The van der Waals surface area contributed by atoms with Crippen molar-refractivity contribution >= 4 is 5.91 Å². The van der Waals surface area contributed by atoms with Crippen LogP contribution in [0, 0.1) is 0 Å². The zero-order chi connectivity index (χ0) is 12.1. The Morgan fingerprint density at radius 2 is 2.35 bits per heavy atom. The van der Waals surface area contributed by atoms with E-state index in [0.717, 1.165) is 25.8 Å². The lowest BCUT2D eigenvalue weighted by atomic mass is 10.3. The molecule has 2 rings (SSSR count). The molecular weight excluding hydrogens is 220 g/mol. The van der Waals surface area contributed by atoms with Crippen LogP contribution in [0.2, 0.25) is 0 Å². The predicted molar refractivity (Wildman–Crippen MR) is 60.9 cm³/mol. The Morgan fingerprint density at radius 1 is 1.53 bits per heavy atom. The lowest BCUT2D eigenvalue weighted by Crippen LogP contribution is -2.26. The van der Waals surface area contributed by atoms with Crippen LogP contribution in [0.1, 0.15) is 31.5 Å². The summed E-state index contributed by atoms with van der Waals surface area (Å²) in [5.74, 6) is 0.835. The number of carbonyl (C=O) groups excluding carboxylic acids is 1. The van der Waals surface area contributed by atoms with Crippen LogP contribution < -0.4 is 10.6 Å². The first-order valence-electron chi connectivity index (χ1n) is 5.97. The van der Waals surface area contributed by atoms with Gasteiger partial charge >= 0.3 is 0 Å². The summed E-state index contributed by atoms with van der Waals surface area (Å²) in [6, 6.07) is 0.458. The molecule has 2 N–H and O–H groups in total. The largest absolute Gasteiger partial charge is 0.353 e. The number of tetrazole rings is 1. The fraction of sp³-hybridized carbons (Fsp3) is 0.800. The van der Waals surface area contributed by atoms with Crippen LogP contribution in [-0.4, -0.2) is 38.7 Å². The molecule has 1 aromatic heterocycles. The van der Waals surface area contributed by atoms with Gasteiger partial charge in [-0.05, 0) is 31.0 Å². The fourth-order valence-electron chi connectivity index (χ4n) is 1.50. The number of nitrogens with zero attached hydrogens (tertiary/aromatic N) is 4. The molecule has 0 radical (unpaired) electrons. The molecule has 0 saturated heterocycles. The van der Waals surface area contributed by atoms with Crippen molar-refractivity contribution in [2.75, 3.05) is 6.54 Å². The van der Waals surface area contributed by atoms with Crippen molar-refractivity contribution in [1.82, 2.24) is 30.8 Å². The van der Waals surface area contributed by atoms with Gasteiger partial charge in [0.2, 0.25) is 5.91 Å². The predicted octanol–water partition coefficient (Wildman–Crippen LogP) is -0.641. The highest BCUT2D eigenvalue weighted by atomic mass is 16.1. The quantitative estimate of drug-likeness (QED) is 0.617. The number of hydrogen-bond acceptors (Lipinski definition) is 5. The molecule has 94 valence electrons. The van der Waals surface area contributed by atoms with Crippen molar-refractivity contribution in [1.29, 1.82) is 0 Å². The van der Waals surface area contributed by atoms with Crippen LogP contribution in [0.5, 0.6) is 0 Å². The third-order valence-electron chi connectivity index (χ3n) is 2.53. The van der Waals surface area contributed by atoms with Gasteiger partial charge in [0.1, 0.15) is 0 Å². The standard InChI is InChI=1S/C10H18N6O/c1-16-14-9(13-15-16)7-11-6-2-3-10(17)12-8-4-5-8/h8,11H,2-7H2,1H3,(H,12,17). The summed E-state index contributed by atoms with van der Waals surface area (Å²) in [5, 5.41) is 17.8. The Balaban J connectivity index is 1.49. The highest BCUT2D eigenvalue weighted by Gasteiger charge is 2.22. The first kappa shape index (κ1) is 12.0. The fourth-order valence-corrected chi connectivity index (χ4v) is 1.50. The smallest absolute Gasteiger partial charge is 0.220 e. The molecular formula is C10H18N6O. The van der Waals surface area contributed by atoms with E-state index in [-0.39, 0.29) is 5.91 Å². The van der Waals surface area contributed by atoms with Gasteiger partial charge in [0.15, 0.2) is 5.82 Å². The van der Waals surface area contributed by atoms with Crippen molar-refractivity contribution in [3.05, 3.63) is 5.82 Å². The number of rotatable bonds is 7. The van der Waals surface area contributed by atoms with Gasteiger partial charge in [0, 0.05) is 12.5 Å². The summed E-state index contributed by atoms with van der Waals surface area (Å²) in [7, 11) is 1.73. The van der Waals surface area contributed by atoms with E-state index in [0.29, 0.717) is 24.8 Å². The zero-order valence-corrected chi connectivity index (χ0v) is 10.0. The molecule has 1 aliphatic rings. The molecule has 1 saturated carbocycles. The Kier molecular flexibility index (Phi) is 4.03.